The average molecular weight is 123 g/mol. The fraction of sp³-hybridized carbons (Fsp3) is 0.250. The Morgan fingerprint density at radius 3 is 2.00 bits per heavy atom. The monoisotopic (exact) mass is 122 g/mol. The highest BCUT2D eigenvalue weighted by Gasteiger charge is 1.48. The summed E-state index contributed by atoms with van der Waals surface area (Å²) in [7, 11) is 0. The molecule has 0 unspecified atom stereocenters. The predicted molar refractivity (Wildman–Crippen MR) is 29.6 cm³/mol. The molecule has 42 valence electrons. The molecule has 0 atom stereocenters. The van der Waals surface area contributed by atoms with Crippen molar-refractivity contribution in [1.29, 1.82) is 0 Å². The van der Waals surface area contributed by atoms with E-state index in [1.807, 2.05) is 0 Å². The van der Waals surface area contributed by atoms with Crippen LogP contribution in [0.3, 0.4) is 0 Å². The van der Waals surface area contributed by atoms with E-state index in [2.05, 4.69) is 6.58 Å². The minimum absolute atomic E-state index is 0.250. The summed E-state index contributed by atoms with van der Waals surface area (Å²) in [5, 5.41) is 6.89. The van der Waals surface area contributed by atoms with E-state index in [1.165, 1.54) is 0 Å². The van der Waals surface area contributed by atoms with Gasteiger partial charge in [0.15, 0.2) is 0 Å². The van der Waals surface area contributed by atoms with Crippen LogP contribution in [0, 0.1) is 0 Å². The number of rotatable bonds is 1. The maximum atomic E-state index is 8.36. The highest BCUT2D eigenvalue weighted by molar-refractivity contribution is 6.18. The van der Waals surface area contributed by atoms with Gasteiger partial charge in [0.2, 0.25) is 0 Å². The van der Waals surface area contributed by atoms with Crippen molar-refractivity contribution in [3.63, 3.8) is 0 Å². The van der Waals surface area contributed by atoms with E-state index in [-0.39, 0.29) is 6.47 Å². The van der Waals surface area contributed by atoms with Gasteiger partial charge in [-0.2, -0.15) is 0 Å². The van der Waals surface area contributed by atoms with E-state index >= 15 is 0 Å². The van der Waals surface area contributed by atoms with E-state index in [0.717, 1.165) is 0 Å². The smallest absolute Gasteiger partial charge is 0.290 e. The van der Waals surface area contributed by atoms with Crippen molar-refractivity contribution in [3.05, 3.63) is 12.7 Å². The van der Waals surface area contributed by atoms with Gasteiger partial charge in [-0.15, -0.1) is 18.2 Å². The summed E-state index contributed by atoms with van der Waals surface area (Å²) in [6, 6.07) is 0. The molecule has 0 rings (SSSR count). The first-order valence-electron chi connectivity index (χ1n) is 1.58. The minimum Gasteiger partial charge on any atom is -0.483 e. The highest BCUT2D eigenvalue weighted by atomic mass is 35.5. The Hall–Kier alpha value is -0.500. The fourth-order valence-electron chi connectivity index (χ4n) is 0. The Labute approximate surface area is 47.4 Å². The Bertz CT molecular complexity index is 45.0. The molecule has 0 saturated heterocycles. The molecule has 0 aliphatic carbocycles. The number of hydrogen-bond acceptors (Lipinski definition) is 1. The molecule has 0 heterocycles. The van der Waals surface area contributed by atoms with Gasteiger partial charge in [-0.1, -0.05) is 6.08 Å². The molecular formula is C4H7ClO2. The summed E-state index contributed by atoms with van der Waals surface area (Å²) in [4.78, 5) is 8.36. The molecule has 0 aromatic rings. The van der Waals surface area contributed by atoms with Gasteiger partial charge in [-0.25, -0.2) is 0 Å². The van der Waals surface area contributed by atoms with Crippen LogP contribution in [0.1, 0.15) is 0 Å². The van der Waals surface area contributed by atoms with E-state index in [4.69, 9.17) is 21.5 Å². The molecule has 1 N–H and O–H groups in total. The first-order chi connectivity index (χ1) is 3.33. The average Bonchev–Trinajstić information content (AvgIpc) is 1.69. The normalized spacial score (nSPS) is 5.29. The number of allylic oxidation sites excluding steroid dienone is 1. The summed E-state index contributed by atoms with van der Waals surface area (Å²) >= 11 is 5.07. The maximum absolute atomic E-state index is 8.36. The lowest BCUT2D eigenvalue weighted by Gasteiger charge is -1.55. The molecule has 0 aliphatic rings. The van der Waals surface area contributed by atoms with Crippen LogP contribution in [0.15, 0.2) is 12.7 Å². The van der Waals surface area contributed by atoms with Gasteiger partial charge in [-0.3, -0.25) is 4.79 Å². The van der Waals surface area contributed by atoms with Crippen molar-refractivity contribution in [3.8, 4) is 0 Å². The molecule has 0 aromatic heterocycles. The number of alkyl halides is 1. The van der Waals surface area contributed by atoms with Crippen LogP contribution in [0.25, 0.3) is 0 Å². The number of halogens is 1. The summed E-state index contributed by atoms with van der Waals surface area (Å²) in [6.07, 6.45) is 1.64. The third-order valence-electron chi connectivity index (χ3n) is 0.109. The maximum Gasteiger partial charge on any atom is 0.290 e. The van der Waals surface area contributed by atoms with E-state index < -0.39 is 0 Å². The number of carbonyl (C=O) groups is 1. The lowest BCUT2D eigenvalue weighted by Crippen LogP contribution is -1.49. The Morgan fingerprint density at radius 1 is 1.86 bits per heavy atom. The largest absolute Gasteiger partial charge is 0.483 e. The molecule has 0 radical (unpaired) electrons. The molecule has 0 spiro atoms. The molecule has 2 nitrogen and oxygen atoms in total. The summed E-state index contributed by atoms with van der Waals surface area (Å²) < 4.78 is 0. The zero-order valence-corrected chi connectivity index (χ0v) is 4.56. The quantitative estimate of drug-likeness (QED) is 0.321. The first kappa shape index (κ1) is 9.71. The van der Waals surface area contributed by atoms with E-state index in [9.17, 15) is 0 Å². The number of hydrogen-bond donors (Lipinski definition) is 1. The molecule has 0 aliphatic heterocycles. The van der Waals surface area contributed by atoms with Crippen LogP contribution in [-0.4, -0.2) is 17.5 Å². The third kappa shape index (κ3) is 270. The Morgan fingerprint density at radius 2 is 2.00 bits per heavy atom. The van der Waals surface area contributed by atoms with Gasteiger partial charge >= 0.3 is 0 Å². The zero-order chi connectivity index (χ0) is 6.12. The minimum atomic E-state index is -0.250. The number of carboxylic acid groups (broad SMARTS) is 1. The molecule has 3 heteroatoms. The second-order valence-electron chi connectivity index (χ2n) is 0.548. The van der Waals surface area contributed by atoms with Crippen LogP contribution < -0.4 is 0 Å². The van der Waals surface area contributed by atoms with Gasteiger partial charge in [-0.05, 0) is 0 Å². The van der Waals surface area contributed by atoms with Crippen LogP contribution in [-0.2, 0) is 4.79 Å². The van der Waals surface area contributed by atoms with Gasteiger partial charge in [0, 0.05) is 5.88 Å². The summed E-state index contributed by atoms with van der Waals surface area (Å²) in [6.45, 7) is 3.10. The third-order valence-corrected chi connectivity index (χ3v) is 0.327. The van der Waals surface area contributed by atoms with Crippen molar-refractivity contribution in [2.24, 2.45) is 0 Å². The Kier molecular flexibility index (Phi) is 24.7. The molecular weight excluding hydrogens is 115 g/mol. The van der Waals surface area contributed by atoms with Crippen LogP contribution in [0.2, 0.25) is 0 Å². The van der Waals surface area contributed by atoms with Crippen molar-refractivity contribution in [1.82, 2.24) is 0 Å². The van der Waals surface area contributed by atoms with E-state index in [0.29, 0.717) is 5.88 Å². The predicted octanol–water partition coefficient (Wildman–Crippen LogP) is 1.11. The van der Waals surface area contributed by atoms with Crippen LogP contribution in [0.5, 0.6) is 0 Å². The van der Waals surface area contributed by atoms with Crippen molar-refractivity contribution < 1.29 is 9.90 Å². The second kappa shape index (κ2) is 17.8. The molecule has 0 saturated carbocycles. The van der Waals surface area contributed by atoms with Gasteiger partial charge in [0.1, 0.15) is 0 Å². The molecule has 7 heavy (non-hydrogen) atoms. The molecule has 0 aromatic carbocycles. The molecule has 0 fully saturated rings. The lowest BCUT2D eigenvalue weighted by molar-refractivity contribution is -0.122. The van der Waals surface area contributed by atoms with Gasteiger partial charge in [0.25, 0.3) is 6.47 Å². The highest BCUT2D eigenvalue weighted by Crippen LogP contribution is 1.67. The van der Waals surface area contributed by atoms with Crippen LogP contribution >= 0.6 is 11.6 Å². The van der Waals surface area contributed by atoms with Crippen molar-refractivity contribution in [2.45, 2.75) is 0 Å². The second-order valence-corrected chi connectivity index (χ2v) is 0.857. The lowest BCUT2D eigenvalue weighted by atomic mass is 10.8. The van der Waals surface area contributed by atoms with Gasteiger partial charge < -0.3 is 5.11 Å². The SMILES string of the molecule is C=CCCl.O=CO. The molecule has 0 amide bonds. The topological polar surface area (TPSA) is 37.3 Å². The van der Waals surface area contributed by atoms with E-state index in [1.54, 1.807) is 6.08 Å². The summed E-state index contributed by atoms with van der Waals surface area (Å²) in [5.74, 6) is 0.556. The van der Waals surface area contributed by atoms with Crippen molar-refractivity contribution >= 4 is 18.1 Å². The summed E-state index contributed by atoms with van der Waals surface area (Å²) in [5.41, 5.74) is 0. The van der Waals surface area contributed by atoms with Gasteiger partial charge in [0.05, 0.1) is 0 Å². The Balaban J connectivity index is 0. The zero-order valence-electron chi connectivity index (χ0n) is 3.80. The first-order valence-corrected chi connectivity index (χ1v) is 2.11. The molecule has 0 bridgehead atoms. The van der Waals surface area contributed by atoms with Crippen molar-refractivity contribution in [2.75, 3.05) is 5.88 Å². The van der Waals surface area contributed by atoms with Crippen LogP contribution in [0.4, 0.5) is 0 Å². The standard InChI is InChI=1S/C3H5Cl.CH2O2/c1-2-3-4;2-1-3/h2H,1,3H2;1H,(H,2,3). The fourth-order valence-corrected chi connectivity index (χ4v) is 0.